The normalized spacial score (nSPS) is 23.1. The molecule has 23 heavy (non-hydrogen) atoms. The molecule has 7 nitrogen and oxygen atoms in total. The van der Waals surface area contributed by atoms with Gasteiger partial charge in [-0.2, -0.15) is 0 Å². The van der Waals surface area contributed by atoms with E-state index in [1.165, 1.54) is 0 Å². The van der Waals surface area contributed by atoms with Gasteiger partial charge in [-0.15, -0.1) is 0 Å². The first kappa shape index (κ1) is 15.6. The number of ether oxygens (including phenoxy) is 2. The zero-order valence-corrected chi connectivity index (χ0v) is 13.8. The summed E-state index contributed by atoms with van der Waals surface area (Å²) in [5.41, 5.74) is 1.19. The van der Waals surface area contributed by atoms with Crippen molar-refractivity contribution in [2.24, 2.45) is 11.1 Å². The molecule has 1 aromatic rings. The van der Waals surface area contributed by atoms with Crippen LogP contribution in [0.5, 0.6) is 5.88 Å². The van der Waals surface area contributed by atoms with Crippen LogP contribution in [-0.2, 0) is 9.57 Å². The number of amides is 1. The molecule has 0 aromatic carbocycles. The summed E-state index contributed by atoms with van der Waals surface area (Å²) in [6, 6.07) is 3.68. The van der Waals surface area contributed by atoms with E-state index < -0.39 is 5.60 Å². The van der Waals surface area contributed by atoms with Crippen molar-refractivity contribution in [2.75, 3.05) is 20.2 Å². The first-order valence-electron chi connectivity index (χ1n) is 7.59. The third-order valence-corrected chi connectivity index (χ3v) is 3.80. The van der Waals surface area contributed by atoms with E-state index in [-0.39, 0.29) is 18.1 Å². The maximum absolute atomic E-state index is 12.2. The van der Waals surface area contributed by atoms with Gasteiger partial charge in [-0.25, -0.2) is 9.78 Å². The van der Waals surface area contributed by atoms with Crippen LogP contribution in [0, 0.1) is 5.92 Å². The highest BCUT2D eigenvalue weighted by atomic mass is 16.6. The Balaban J connectivity index is 1.70. The molecule has 0 saturated carbocycles. The molecular formula is C16H21N3O4. The number of hydrogen-bond acceptors (Lipinski definition) is 6. The Morgan fingerprint density at radius 2 is 2.13 bits per heavy atom. The molecule has 2 unspecified atom stereocenters. The van der Waals surface area contributed by atoms with Gasteiger partial charge in [0, 0.05) is 24.4 Å². The number of carbonyl (C=O) groups is 1. The zero-order chi connectivity index (χ0) is 16.6. The van der Waals surface area contributed by atoms with Crippen LogP contribution in [0.15, 0.2) is 23.5 Å². The number of aromatic nitrogens is 1. The lowest BCUT2D eigenvalue weighted by Gasteiger charge is -2.24. The average molecular weight is 319 g/mol. The molecule has 0 radical (unpaired) electrons. The summed E-state index contributed by atoms with van der Waals surface area (Å²) in [5, 5.41) is 4.17. The molecule has 0 aliphatic carbocycles. The first-order chi connectivity index (χ1) is 10.9. The fraction of sp³-hybridized carbons (Fsp3) is 0.562. The molecule has 2 aliphatic heterocycles. The van der Waals surface area contributed by atoms with Crippen molar-refractivity contribution in [3.8, 4) is 5.88 Å². The van der Waals surface area contributed by atoms with Crippen LogP contribution in [0.2, 0.25) is 0 Å². The zero-order valence-electron chi connectivity index (χ0n) is 13.8. The predicted octanol–water partition coefficient (Wildman–Crippen LogP) is 2.06. The van der Waals surface area contributed by atoms with Crippen molar-refractivity contribution >= 4 is 11.8 Å². The number of likely N-dealkylation sites (tertiary alicyclic amines) is 1. The second kappa shape index (κ2) is 5.72. The van der Waals surface area contributed by atoms with Gasteiger partial charge in [0.15, 0.2) is 6.10 Å². The van der Waals surface area contributed by atoms with Crippen LogP contribution < -0.4 is 4.74 Å². The Bertz CT molecular complexity index is 621. The van der Waals surface area contributed by atoms with Crippen molar-refractivity contribution in [2.45, 2.75) is 32.5 Å². The fourth-order valence-corrected chi connectivity index (χ4v) is 2.73. The maximum Gasteiger partial charge on any atom is 0.410 e. The highest BCUT2D eigenvalue weighted by molar-refractivity contribution is 6.03. The van der Waals surface area contributed by atoms with Gasteiger partial charge in [0.25, 0.3) is 0 Å². The standard InChI is InChI=1S/C16H21N3O4/c1-16(2,3)22-15(20)19-8-11-12(9-19)23-18-14(11)10-5-6-13(21-4)17-7-10/h5-7,11-12H,8-9H2,1-4H3. The number of pyridine rings is 1. The topological polar surface area (TPSA) is 73.2 Å². The van der Waals surface area contributed by atoms with E-state index in [1.54, 1.807) is 24.3 Å². The van der Waals surface area contributed by atoms with Gasteiger partial charge in [0.05, 0.1) is 25.3 Å². The van der Waals surface area contributed by atoms with E-state index in [2.05, 4.69) is 10.1 Å². The van der Waals surface area contributed by atoms with Gasteiger partial charge in [0.2, 0.25) is 5.88 Å². The predicted molar refractivity (Wildman–Crippen MR) is 83.5 cm³/mol. The van der Waals surface area contributed by atoms with E-state index in [9.17, 15) is 4.79 Å². The van der Waals surface area contributed by atoms with Crippen molar-refractivity contribution in [3.05, 3.63) is 23.9 Å². The Morgan fingerprint density at radius 3 is 2.74 bits per heavy atom. The Labute approximate surface area is 135 Å². The smallest absolute Gasteiger partial charge is 0.410 e. The SMILES string of the molecule is COc1ccc(C2=NOC3CN(C(=O)OC(C)(C)C)CC23)cn1. The number of nitrogens with zero attached hydrogens (tertiary/aromatic N) is 3. The Morgan fingerprint density at radius 1 is 1.35 bits per heavy atom. The molecule has 3 heterocycles. The molecular weight excluding hydrogens is 298 g/mol. The van der Waals surface area contributed by atoms with Crippen molar-refractivity contribution in [3.63, 3.8) is 0 Å². The minimum absolute atomic E-state index is 0.0395. The van der Waals surface area contributed by atoms with E-state index in [0.717, 1.165) is 11.3 Å². The van der Waals surface area contributed by atoms with E-state index in [0.29, 0.717) is 19.0 Å². The molecule has 0 bridgehead atoms. The summed E-state index contributed by atoms with van der Waals surface area (Å²) in [5.74, 6) is 0.587. The molecule has 0 spiro atoms. The lowest BCUT2D eigenvalue weighted by atomic mass is 9.96. The monoisotopic (exact) mass is 319 g/mol. The number of carbonyl (C=O) groups excluding carboxylic acids is 1. The molecule has 2 atom stereocenters. The van der Waals surface area contributed by atoms with Gasteiger partial charge >= 0.3 is 6.09 Å². The molecule has 2 aliphatic rings. The number of hydrogen-bond donors (Lipinski definition) is 0. The summed E-state index contributed by atoms with van der Waals surface area (Å²) >= 11 is 0. The molecule has 3 rings (SSSR count). The summed E-state index contributed by atoms with van der Waals surface area (Å²) in [6.45, 7) is 6.58. The van der Waals surface area contributed by atoms with Crippen LogP contribution in [-0.4, -0.2) is 53.6 Å². The lowest BCUT2D eigenvalue weighted by molar-refractivity contribution is 0.0228. The van der Waals surface area contributed by atoms with Crippen LogP contribution in [0.25, 0.3) is 0 Å². The van der Waals surface area contributed by atoms with Crippen molar-refractivity contribution in [1.82, 2.24) is 9.88 Å². The van der Waals surface area contributed by atoms with Gasteiger partial charge in [-0.05, 0) is 26.8 Å². The van der Waals surface area contributed by atoms with Gasteiger partial charge < -0.3 is 19.2 Å². The summed E-state index contributed by atoms with van der Waals surface area (Å²) in [7, 11) is 1.57. The quantitative estimate of drug-likeness (QED) is 0.834. The van der Waals surface area contributed by atoms with E-state index in [4.69, 9.17) is 14.3 Å². The Kier molecular flexibility index (Phi) is 3.87. The molecule has 0 N–H and O–H groups in total. The van der Waals surface area contributed by atoms with Crippen LogP contribution in [0.3, 0.4) is 0 Å². The first-order valence-corrected chi connectivity index (χ1v) is 7.59. The number of fused-ring (bicyclic) bond motifs is 1. The highest BCUT2D eigenvalue weighted by Crippen LogP contribution is 2.31. The van der Waals surface area contributed by atoms with Gasteiger partial charge in [-0.1, -0.05) is 5.16 Å². The number of methoxy groups -OCH3 is 1. The highest BCUT2D eigenvalue weighted by Gasteiger charge is 2.45. The minimum Gasteiger partial charge on any atom is -0.481 e. The van der Waals surface area contributed by atoms with Gasteiger partial charge in [0.1, 0.15) is 5.60 Å². The van der Waals surface area contributed by atoms with E-state index in [1.807, 2.05) is 26.8 Å². The molecule has 1 amide bonds. The second-order valence-electron chi connectivity index (χ2n) is 6.70. The third-order valence-electron chi connectivity index (χ3n) is 3.80. The van der Waals surface area contributed by atoms with Crippen molar-refractivity contribution in [1.29, 1.82) is 0 Å². The second-order valence-corrected chi connectivity index (χ2v) is 6.70. The largest absolute Gasteiger partial charge is 0.481 e. The van der Waals surface area contributed by atoms with E-state index >= 15 is 0 Å². The van der Waals surface area contributed by atoms with Crippen LogP contribution in [0.4, 0.5) is 4.79 Å². The number of rotatable bonds is 2. The molecule has 124 valence electrons. The molecule has 1 aromatic heterocycles. The average Bonchev–Trinajstić information content (AvgIpc) is 3.05. The molecule has 1 saturated heterocycles. The Hall–Kier alpha value is -2.31. The molecule has 1 fully saturated rings. The fourth-order valence-electron chi connectivity index (χ4n) is 2.73. The lowest BCUT2D eigenvalue weighted by Crippen LogP contribution is -2.36. The molecule has 7 heteroatoms. The summed E-state index contributed by atoms with van der Waals surface area (Å²) in [6.07, 6.45) is 1.27. The maximum atomic E-state index is 12.2. The summed E-state index contributed by atoms with van der Waals surface area (Å²) in [4.78, 5) is 23.6. The van der Waals surface area contributed by atoms with Crippen molar-refractivity contribution < 1.29 is 19.1 Å². The summed E-state index contributed by atoms with van der Waals surface area (Å²) < 4.78 is 10.5. The third kappa shape index (κ3) is 3.23. The number of oxime groups is 1. The van der Waals surface area contributed by atoms with Crippen LogP contribution >= 0.6 is 0 Å². The van der Waals surface area contributed by atoms with Gasteiger partial charge in [-0.3, -0.25) is 0 Å². The van der Waals surface area contributed by atoms with Crippen LogP contribution in [0.1, 0.15) is 26.3 Å². The minimum atomic E-state index is -0.507.